The molecule has 0 heterocycles. The second kappa shape index (κ2) is 5.45. The van der Waals surface area contributed by atoms with Gasteiger partial charge in [0, 0.05) is 11.5 Å². The molecule has 0 saturated carbocycles. The van der Waals surface area contributed by atoms with E-state index < -0.39 is 0 Å². The third-order valence-electron chi connectivity index (χ3n) is 2.20. The minimum absolute atomic E-state index is 0.0257. The zero-order valence-electron chi connectivity index (χ0n) is 9.66. The second-order valence-corrected chi connectivity index (χ2v) is 3.78. The molecule has 16 heavy (non-hydrogen) atoms. The van der Waals surface area contributed by atoms with Gasteiger partial charge in [-0.2, -0.15) is 0 Å². The largest absolute Gasteiger partial charge is 0.497 e. The number of carbonyl (C=O) groups excluding carboxylic acids is 1. The fourth-order valence-corrected chi connectivity index (χ4v) is 1.14. The molecule has 0 atom stereocenters. The van der Waals surface area contributed by atoms with Crippen LogP contribution in [0.5, 0.6) is 5.75 Å². The van der Waals surface area contributed by atoms with Gasteiger partial charge in [-0.05, 0) is 30.4 Å². The summed E-state index contributed by atoms with van der Waals surface area (Å²) in [7, 11) is 1.51. The van der Waals surface area contributed by atoms with Crippen LogP contribution in [-0.4, -0.2) is 12.9 Å². The maximum absolute atomic E-state index is 13.3. The van der Waals surface area contributed by atoms with Gasteiger partial charge in [-0.25, -0.2) is 4.39 Å². The van der Waals surface area contributed by atoms with E-state index in [1.165, 1.54) is 31.4 Å². The molecule has 1 aromatic carbocycles. The fourth-order valence-electron chi connectivity index (χ4n) is 1.14. The van der Waals surface area contributed by atoms with E-state index in [0.29, 0.717) is 11.3 Å². The summed E-state index contributed by atoms with van der Waals surface area (Å²) < 4.78 is 18.3. The van der Waals surface area contributed by atoms with Crippen molar-refractivity contribution in [1.29, 1.82) is 0 Å². The van der Waals surface area contributed by atoms with Crippen molar-refractivity contribution in [1.82, 2.24) is 0 Å². The van der Waals surface area contributed by atoms with E-state index >= 15 is 0 Å². The summed E-state index contributed by atoms with van der Waals surface area (Å²) in [6.07, 6.45) is 2.86. The van der Waals surface area contributed by atoms with Gasteiger partial charge in [0.2, 0.25) is 0 Å². The van der Waals surface area contributed by atoms with Crippen LogP contribution < -0.4 is 4.74 Å². The molecule has 0 aliphatic carbocycles. The van der Waals surface area contributed by atoms with Gasteiger partial charge in [0.15, 0.2) is 5.78 Å². The Morgan fingerprint density at radius 3 is 2.69 bits per heavy atom. The van der Waals surface area contributed by atoms with Gasteiger partial charge in [0.05, 0.1) is 7.11 Å². The van der Waals surface area contributed by atoms with Crippen molar-refractivity contribution in [2.45, 2.75) is 13.8 Å². The van der Waals surface area contributed by atoms with Crippen LogP contribution in [0.4, 0.5) is 4.39 Å². The molecule has 0 N–H and O–H groups in total. The van der Waals surface area contributed by atoms with E-state index in [2.05, 4.69) is 0 Å². The van der Waals surface area contributed by atoms with E-state index in [0.717, 1.165) is 0 Å². The van der Waals surface area contributed by atoms with E-state index in [1.807, 2.05) is 0 Å². The van der Waals surface area contributed by atoms with E-state index in [4.69, 9.17) is 4.74 Å². The van der Waals surface area contributed by atoms with Gasteiger partial charge in [-0.15, -0.1) is 0 Å². The number of methoxy groups -OCH3 is 1. The van der Waals surface area contributed by atoms with Gasteiger partial charge in [-0.1, -0.05) is 13.8 Å². The Morgan fingerprint density at radius 1 is 1.44 bits per heavy atom. The molecule has 0 aliphatic rings. The average Bonchev–Trinajstić information content (AvgIpc) is 2.27. The van der Waals surface area contributed by atoms with Crippen molar-refractivity contribution >= 4 is 11.9 Å². The number of ether oxygens (including phenoxy) is 1. The number of benzene rings is 1. The van der Waals surface area contributed by atoms with Crippen LogP contribution in [0.3, 0.4) is 0 Å². The Hall–Kier alpha value is -1.64. The lowest BCUT2D eigenvalue weighted by Gasteiger charge is -2.02. The SMILES string of the molecule is COc1ccc(F)c(C=CC(=O)C(C)C)c1. The topological polar surface area (TPSA) is 26.3 Å². The molecule has 0 amide bonds. The van der Waals surface area contributed by atoms with E-state index in [1.54, 1.807) is 19.9 Å². The molecule has 0 spiro atoms. The number of halogens is 1. The molecule has 0 radical (unpaired) electrons. The highest BCUT2D eigenvalue weighted by molar-refractivity contribution is 5.94. The Labute approximate surface area is 94.7 Å². The smallest absolute Gasteiger partial charge is 0.158 e. The van der Waals surface area contributed by atoms with Crippen LogP contribution in [0.2, 0.25) is 0 Å². The van der Waals surface area contributed by atoms with Gasteiger partial charge in [0.1, 0.15) is 11.6 Å². The predicted molar refractivity (Wildman–Crippen MR) is 61.8 cm³/mol. The summed E-state index contributed by atoms with van der Waals surface area (Å²) >= 11 is 0. The zero-order valence-corrected chi connectivity index (χ0v) is 9.66. The fraction of sp³-hybridized carbons (Fsp3) is 0.308. The lowest BCUT2D eigenvalue weighted by Crippen LogP contribution is -2.01. The van der Waals surface area contributed by atoms with Crippen molar-refractivity contribution < 1.29 is 13.9 Å². The van der Waals surface area contributed by atoms with Crippen molar-refractivity contribution in [2.75, 3.05) is 7.11 Å². The van der Waals surface area contributed by atoms with E-state index in [-0.39, 0.29) is 17.5 Å². The third-order valence-corrected chi connectivity index (χ3v) is 2.20. The van der Waals surface area contributed by atoms with E-state index in [9.17, 15) is 9.18 Å². The van der Waals surface area contributed by atoms with Crippen LogP contribution >= 0.6 is 0 Å². The molecule has 1 rings (SSSR count). The number of carbonyl (C=O) groups is 1. The molecule has 3 heteroatoms. The molecule has 0 fully saturated rings. The lowest BCUT2D eigenvalue weighted by molar-refractivity contribution is -0.117. The van der Waals surface area contributed by atoms with Crippen molar-refractivity contribution in [3.63, 3.8) is 0 Å². The highest BCUT2D eigenvalue weighted by Crippen LogP contribution is 2.17. The van der Waals surface area contributed by atoms with Crippen LogP contribution in [0, 0.1) is 11.7 Å². The minimum atomic E-state index is -0.367. The molecule has 0 aliphatic heterocycles. The molecular formula is C13H15FO2. The number of ketones is 1. The first-order valence-electron chi connectivity index (χ1n) is 5.10. The van der Waals surface area contributed by atoms with Crippen molar-refractivity contribution in [3.05, 3.63) is 35.7 Å². The monoisotopic (exact) mass is 222 g/mol. The standard InChI is InChI=1S/C13H15FO2/c1-9(2)13(15)7-4-10-8-11(16-3)5-6-12(10)14/h4-9H,1-3H3. The Morgan fingerprint density at radius 2 is 2.12 bits per heavy atom. The molecule has 0 saturated heterocycles. The highest BCUT2D eigenvalue weighted by atomic mass is 19.1. The molecular weight excluding hydrogens is 207 g/mol. The maximum atomic E-state index is 13.3. The van der Waals surface area contributed by atoms with Crippen LogP contribution in [0.25, 0.3) is 6.08 Å². The summed E-state index contributed by atoms with van der Waals surface area (Å²) in [5.74, 6) is 0.0961. The quantitative estimate of drug-likeness (QED) is 0.732. The first kappa shape index (κ1) is 12.4. The van der Waals surface area contributed by atoms with Crippen LogP contribution in [0.1, 0.15) is 19.4 Å². The summed E-state index contributed by atoms with van der Waals surface area (Å²) in [6.45, 7) is 3.60. The third kappa shape index (κ3) is 3.19. The average molecular weight is 222 g/mol. The van der Waals surface area contributed by atoms with Gasteiger partial charge in [-0.3, -0.25) is 4.79 Å². The maximum Gasteiger partial charge on any atom is 0.158 e. The zero-order chi connectivity index (χ0) is 12.1. The van der Waals surface area contributed by atoms with Crippen LogP contribution in [-0.2, 0) is 4.79 Å². The molecule has 2 nitrogen and oxygen atoms in total. The van der Waals surface area contributed by atoms with Crippen LogP contribution in [0.15, 0.2) is 24.3 Å². The lowest BCUT2D eigenvalue weighted by atomic mass is 10.1. The van der Waals surface area contributed by atoms with Gasteiger partial charge < -0.3 is 4.74 Å². The van der Waals surface area contributed by atoms with Crippen molar-refractivity contribution in [3.8, 4) is 5.75 Å². The molecule has 0 bridgehead atoms. The Bertz CT molecular complexity index is 408. The number of hydrogen-bond donors (Lipinski definition) is 0. The summed E-state index contributed by atoms with van der Waals surface area (Å²) in [5.41, 5.74) is 0.355. The summed E-state index contributed by atoms with van der Waals surface area (Å²) in [6, 6.07) is 4.41. The molecule has 1 aromatic rings. The van der Waals surface area contributed by atoms with Gasteiger partial charge >= 0.3 is 0 Å². The summed E-state index contributed by atoms with van der Waals surface area (Å²) in [5, 5.41) is 0. The van der Waals surface area contributed by atoms with Gasteiger partial charge in [0.25, 0.3) is 0 Å². The first-order valence-corrected chi connectivity index (χ1v) is 5.10. The molecule has 0 unspecified atom stereocenters. The number of allylic oxidation sites excluding steroid dienone is 1. The highest BCUT2D eigenvalue weighted by Gasteiger charge is 2.04. The van der Waals surface area contributed by atoms with Crippen molar-refractivity contribution in [2.24, 2.45) is 5.92 Å². The Kier molecular flexibility index (Phi) is 4.23. The minimum Gasteiger partial charge on any atom is -0.497 e. The molecule has 86 valence electrons. The predicted octanol–water partition coefficient (Wildman–Crippen LogP) is 3.07. The summed E-state index contributed by atoms with van der Waals surface area (Å²) in [4.78, 5) is 11.3. The Balaban J connectivity index is 2.92. The normalized spacial score (nSPS) is 11.1. The number of hydrogen-bond acceptors (Lipinski definition) is 2. The second-order valence-electron chi connectivity index (χ2n) is 3.78. The molecule has 0 aromatic heterocycles. The first-order chi connectivity index (χ1) is 7.54. The number of rotatable bonds is 4.